The highest BCUT2D eigenvalue weighted by atomic mass is 32.1. The van der Waals surface area contributed by atoms with Crippen LogP contribution in [0.5, 0.6) is 0 Å². The van der Waals surface area contributed by atoms with Gasteiger partial charge in [0.25, 0.3) is 0 Å². The van der Waals surface area contributed by atoms with Crippen molar-refractivity contribution in [1.82, 2.24) is 0 Å². The predicted octanol–water partition coefficient (Wildman–Crippen LogP) is 4.12. The minimum absolute atomic E-state index is 0.261. The molecular formula is C15H23NO2S. The number of hydrogen-bond donors (Lipinski definition) is 1. The lowest BCUT2D eigenvalue weighted by Crippen LogP contribution is -2.25. The van der Waals surface area contributed by atoms with Crippen LogP contribution in [-0.4, -0.2) is 11.6 Å². The van der Waals surface area contributed by atoms with Crippen molar-refractivity contribution in [3.63, 3.8) is 0 Å². The largest absolute Gasteiger partial charge is 0.456 e. The van der Waals surface area contributed by atoms with E-state index >= 15 is 0 Å². The van der Waals surface area contributed by atoms with Crippen LogP contribution in [-0.2, 0) is 11.2 Å². The molecular weight excluding hydrogens is 258 g/mol. The van der Waals surface area contributed by atoms with Gasteiger partial charge in [0.05, 0.1) is 5.56 Å². The first kappa shape index (κ1) is 14.4. The predicted molar refractivity (Wildman–Crippen MR) is 79.9 cm³/mol. The summed E-state index contributed by atoms with van der Waals surface area (Å²) in [4.78, 5) is 13.7. The van der Waals surface area contributed by atoms with E-state index in [1.54, 1.807) is 11.3 Å². The first-order valence-electron chi connectivity index (χ1n) is 6.98. The molecule has 1 heterocycles. The van der Waals surface area contributed by atoms with Crippen molar-refractivity contribution in [1.29, 1.82) is 0 Å². The maximum absolute atomic E-state index is 12.4. The van der Waals surface area contributed by atoms with Gasteiger partial charge in [-0.25, -0.2) is 4.79 Å². The second-order valence-electron chi connectivity index (χ2n) is 6.18. The summed E-state index contributed by atoms with van der Waals surface area (Å²) >= 11 is 1.57. The lowest BCUT2D eigenvalue weighted by Gasteiger charge is -2.24. The SMILES string of the molecule is CCC1CCCc2sc(N)c(C(=O)OC(C)(C)C)c21. The van der Waals surface area contributed by atoms with Crippen molar-refractivity contribution in [2.24, 2.45) is 0 Å². The number of anilines is 1. The molecule has 0 bridgehead atoms. The van der Waals surface area contributed by atoms with Crippen molar-refractivity contribution in [3.8, 4) is 0 Å². The van der Waals surface area contributed by atoms with Gasteiger partial charge < -0.3 is 10.5 Å². The van der Waals surface area contributed by atoms with Gasteiger partial charge in [0.1, 0.15) is 10.6 Å². The van der Waals surface area contributed by atoms with Crippen LogP contribution in [0.3, 0.4) is 0 Å². The van der Waals surface area contributed by atoms with Crippen molar-refractivity contribution in [2.75, 3.05) is 5.73 Å². The van der Waals surface area contributed by atoms with Crippen LogP contribution in [0.25, 0.3) is 0 Å². The second-order valence-corrected chi connectivity index (χ2v) is 7.31. The molecule has 0 saturated carbocycles. The average molecular weight is 281 g/mol. The number of thiophene rings is 1. The van der Waals surface area contributed by atoms with Gasteiger partial charge in [-0.3, -0.25) is 0 Å². The Labute approximate surface area is 119 Å². The molecule has 0 aliphatic heterocycles. The summed E-state index contributed by atoms with van der Waals surface area (Å²) < 4.78 is 5.51. The maximum atomic E-state index is 12.4. The van der Waals surface area contributed by atoms with Gasteiger partial charge in [-0.15, -0.1) is 11.3 Å². The summed E-state index contributed by atoms with van der Waals surface area (Å²) in [5.41, 5.74) is 7.41. The Morgan fingerprint density at radius 2 is 2.16 bits per heavy atom. The Bertz CT molecular complexity index is 485. The molecule has 1 aliphatic rings. The summed E-state index contributed by atoms with van der Waals surface area (Å²) in [6.07, 6.45) is 4.44. The average Bonchev–Trinajstić information content (AvgIpc) is 2.62. The van der Waals surface area contributed by atoms with Crippen molar-refractivity contribution < 1.29 is 9.53 Å². The molecule has 2 rings (SSSR count). The Morgan fingerprint density at radius 1 is 1.47 bits per heavy atom. The Balaban J connectivity index is 2.40. The lowest BCUT2D eigenvalue weighted by atomic mass is 9.83. The first-order valence-corrected chi connectivity index (χ1v) is 7.79. The molecule has 3 nitrogen and oxygen atoms in total. The number of hydrogen-bond acceptors (Lipinski definition) is 4. The third kappa shape index (κ3) is 2.94. The highest BCUT2D eigenvalue weighted by Gasteiger charge is 2.31. The topological polar surface area (TPSA) is 52.3 Å². The van der Waals surface area contributed by atoms with E-state index in [1.807, 2.05) is 20.8 Å². The van der Waals surface area contributed by atoms with Gasteiger partial charge in [-0.2, -0.15) is 0 Å². The summed E-state index contributed by atoms with van der Waals surface area (Å²) in [5.74, 6) is 0.197. The molecule has 1 aliphatic carbocycles. The molecule has 106 valence electrons. The van der Waals surface area contributed by atoms with Crippen molar-refractivity contribution in [2.45, 2.75) is 64.9 Å². The molecule has 0 spiro atoms. The summed E-state index contributed by atoms with van der Waals surface area (Å²) in [7, 11) is 0. The highest BCUT2D eigenvalue weighted by molar-refractivity contribution is 7.16. The molecule has 0 amide bonds. The van der Waals surface area contributed by atoms with E-state index in [1.165, 1.54) is 16.9 Å². The molecule has 1 aromatic rings. The number of carbonyl (C=O) groups is 1. The Morgan fingerprint density at radius 3 is 2.74 bits per heavy atom. The summed E-state index contributed by atoms with van der Waals surface area (Å²) in [6, 6.07) is 0. The molecule has 0 radical (unpaired) electrons. The van der Waals surface area contributed by atoms with E-state index in [0.717, 1.165) is 19.3 Å². The van der Waals surface area contributed by atoms with Gasteiger partial charge >= 0.3 is 5.97 Å². The minimum Gasteiger partial charge on any atom is -0.456 e. The Kier molecular flexibility index (Phi) is 3.90. The van der Waals surface area contributed by atoms with Crippen LogP contribution in [0.2, 0.25) is 0 Å². The second kappa shape index (κ2) is 5.16. The quantitative estimate of drug-likeness (QED) is 0.830. The molecule has 1 atom stereocenters. The van der Waals surface area contributed by atoms with E-state index in [4.69, 9.17) is 10.5 Å². The molecule has 1 unspecified atom stereocenters. The smallest absolute Gasteiger partial charge is 0.341 e. The number of fused-ring (bicyclic) bond motifs is 1. The van der Waals surface area contributed by atoms with E-state index in [-0.39, 0.29) is 5.97 Å². The zero-order chi connectivity index (χ0) is 14.2. The van der Waals surface area contributed by atoms with Crippen LogP contribution in [0.15, 0.2) is 0 Å². The third-order valence-corrected chi connectivity index (χ3v) is 4.60. The molecule has 1 aromatic heterocycles. The number of nitrogens with two attached hydrogens (primary N) is 1. The van der Waals surface area contributed by atoms with Crippen LogP contribution >= 0.6 is 11.3 Å². The van der Waals surface area contributed by atoms with Crippen LogP contribution in [0.1, 0.15) is 73.7 Å². The normalized spacial score (nSPS) is 19.1. The molecule has 2 N–H and O–H groups in total. The Hall–Kier alpha value is -1.03. The molecule has 0 fully saturated rings. The highest BCUT2D eigenvalue weighted by Crippen LogP contribution is 2.44. The minimum atomic E-state index is -0.477. The monoisotopic (exact) mass is 281 g/mol. The number of nitrogen functional groups attached to an aromatic ring is 1. The van der Waals surface area contributed by atoms with E-state index < -0.39 is 5.60 Å². The number of rotatable bonds is 2. The third-order valence-electron chi connectivity index (χ3n) is 3.51. The van der Waals surface area contributed by atoms with Crippen molar-refractivity contribution in [3.05, 3.63) is 16.0 Å². The van der Waals surface area contributed by atoms with Crippen LogP contribution in [0.4, 0.5) is 5.00 Å². The van der Waals surface area contributed by atoms with Gasteiger partial charge in [-0.05, 0) is 57.9 Å². The zero-order valence-electron chi connectivity index (χ0n) is 12.2. The van der Waals surface area contributed by atoms with Gasteiger partial charge in [0.2, 0.25) is 0 Å². The van der Waals surface area contributed by atoms with Crippen molar-refractivity contribution >= 4 is 22.3 Å². The first-order chi connectivity index (χ1) is 8.83. The zero-order valence-corrected chi connectivity index (χ0v) is 13.0. The van der Waals surface area contributed by atoms with Gasteiger partial charge in [-0.1, -0.05) is 6.92 Å². The number of ether oxygens (including phenoxy) is 1. The maximum Gasteiger partial charge on any atom is 0.341 e. The van der Waals surface area contributed by atoms with Crippen LogP contribution in [0, 0.1) is 0 Å². The summed E-state index contributed by atoms with van der Waals surface area (Å²) in [5, 5.41) is 0.625. The molecule has 0 aromatic carbocycles. The fraction of sp³-hybridized carbons (Fsp3) is 0.667. The lowest BCUT2D eigenvalue weighted by molar-refractivity contribution is 0.00693. The van der Waals surface area contributed by atoms with E-state index in [0.29, 0.717) is 16.5 Å². The van der Waals surface area contributed by atoms with Crippen LogP contribution < -0.4 is 5.73 Å². The molecule has 0 saturated heterocycles. The van der Waals surface area contributed by atoms with E-state index in [2.05, 4.69) is 6.92 Å². The fourth-order valence-corrected chi connectivity index (χ4v) is 3.92. The molecule has 19 heavy (non-hydrogen) atoms. The molecule has 4 heteroatoms. The van der Waals surface area contributed by atoms with Gasteiger partial charge in [0, 0.05) is 4.88 Å². The number of aryl methyl sites for hydroxylation is 1. The standard InChI is InChI=1S/C15H23NO2S/c1-5-9-7-6-8-10-11(9)12(13(16)19-10)14(17)18-15(2,3)4/h9H,5-8,16H2,1-4H3. The fourth-order valence-electron chi connectivity index (χ4n) is 2.73. The summed E-state index contributed by atoms with van der Waals surface area (Å²) in [6.45, 7) is 7.83. The van der Waals surface area contributed by atoms with Gasteiger partial charge in [0.15, 0.2) is 0 Å². The number of carbonyl (C=O) groups excluding carboxylic acids is 1. The van der Waals surface area contributed by atoms with E-state index in [9.17, 15) is 4.79 Å². The number of esters is 1.